The Morgan fingerprint density at radius 2 is 1.81 bits per heavy atom. The lowest BCUT2D eigenvalue weighted by atomic mass is 10.1. The number of nitrogens with one attached hydrogen (secondary N) is 1. The summed E-state index contributed by atoms with van der Waals surface area (Å²) in [4.78, 5) is 0. The molecule has 2 aromatic carbocycles. The number of anilines is 1. The average Bonchev–Trinajstić information content (AvgIpc) is 2.48. The van der Waals surface area contributed by atoms with Crippen molar-refractivity contribution in [2.75, 3.05) is 19.0 Å². The van der Waals surface area contributed by atoms with E-state index in [-0.39, 0.29) is 0 Å². The maximum absolute atomic E-state index is 6.31. The van der Waals surface area contributed by atoms with Crippen LogP contribution in [0.4, 0.5) is 5.69 Å². The molecule has 112 valence electrons. The zero-order valence-electron chi connectivity index (χ0n) is 12.6. The summed E-state index contributed by atoms with van der Waals surface area (Å²) < 4.78 is 10.9. The molecule has 0 aliphatic heterocycles. The van der Waals surface area contributed by atoms with Crippen LogP contribution in [-0.4, -0.2) is 13.7 Å². The first-order valence-corrected chi connectivity index (χ1v) is 7.31. The molecular weight excluding hydrogens is 286 g/mol. The van der Waals surface area contributed by atoms with Crippen molar-refractivity contribution in [2.24, 2.45) is 0 Å². The third-order valence-electron chi connectivity index (χ3n) is 3.17. The van der Waals surface area contributed by atoms with Crippen LogP contribution in [0.5, 0.6) is 11.5 Å². The highest BCUT2D eigenvalue weighted by molar-refractivity contribution is 6.31. The Kier molecular flexibility index (Phi) is 5.34. The van der Waals surface area contributed by atoms with E-state index in [9.17, 15) is 0 Å². The molecule has 1 N–H and O–H groups in total. The van der Waals surface area contributed by atoms with Gasteiger partial charge < -0.3 is 14.8 Å². The van der Waals surface area contributed by atoms with E-state index in [1.165, 1.54) is 5.56 Å². The van der Waals surface area contributed by atoms with Gasteiger partial charge in [-0.15, -0.1) is 0 Å². The predicted octanol–water partition coefficient (Wildman–Crippen LogP) is 4.67. The van der Waals surface area contributed by atoms with Crippen molar-refractivity contribution in [3.63, 3.8) is 0 Å². The van der Waals surface area contributed by atoms with Crippen LogP contribution in [0.25, 0.3) is 0 Å². The molecule has 0 amide bonds. The molecule has 0 bridgehead atoms. The molecule has 0 aliphatic rings. The van der Waals surface area contributed by atoms with Crippen molar-refractivity contribution in [3.05, 3.63) is 52.5 Å². The smallest absolute Gasteiger partial charge is 0.162 e. The van der Waals surface area contributed by atoms with E-state index < -0.39 is 0 Å². The van der Waals surface area contributed by atoms with E-state index >= 15 is 0 Å². The third-order valence-corrected chi connectivity index (χ3v) is 3.52. The molecule has 4 heteroatoms. The van der Waals surface area contributed by atoms with Crippen LogP contribution in [0.15, 0.2) is 36.4 Å². The molecule has 0 radical (unpaired) electrons. The van der Waals surface area contributed by atoms with Crippen LogP contribution in [-0.2, 0) is 6.54 Å². The van der Waals surface area contributed by atoms with Gasteiger partial charge >= 0.3 is 0 Å². The molecule has 0 aliphatic carbocycles. The van der Waals surface area contributed by atoms with Gasteiger partial charge in [-0.25, -0.2) is 0 Å². The fourth-order valence-corrected chi connectivity index (χ4v) is 2.23. The second kappa shape index (κ2) is 7.23. The number of ether oxygens (including phenoxy) is 2. The molecule has 0 aromatic heterocycles. The summed E-state index contributed by atoms with van der Waals surface area (Å²) >= 11 is 6.31. The van der Waals surface area contributed by atoms with Crippen molar-refractivity contribution in [2.45, 2.75) is 20.4 Å². The second-order valence-corrected chi connectivity index (χ2v) is 5.15. The minimum Gasteiger partial charge on any atom is -0.493 e. The van der Waals surface area contributed by atoms with Crippen molar-refractivity contribution >= 4 is 17.3 Å². The van der Waals surface area contributed by atoms with Gasteiger partial charge in [-0.1, -0.05) is 29.3 Å². The summed E-state index contributed by atoms with van der Waals surface area (Å²) in [7, 11) is 1.63. The van der Waals surface area contributed by atoms with Crippen LogP contribution < -0.4 is 14.8 Å². The molecule has 0 saturated carbocycles. The van der Waals surface area contributed by atoms with Gasteiger partial charge in [0.2, 0.25) is 0 Å². The van der Waals surface area contributed by atoms with Crippen LogP contribution in [0.1, 0.15) is 18.1 Å². The van der Waals surface area contributed by atoms with Crippen molar-refractivity contribution in [1.29, 1.82) is 0 Å². The van der Waals surface area contributed by atoms with Gasteiger partial charge in [0.15, 0.2) is 11.5 Å². The van der Waals surface area contributed by atoms with Gasteiger partial charge in [-0.05, 0) is 37.6 Å². The van der Waals surface area contributed by atoms with Gasteiger partial charge in [0, 0.05) is 23.3 Å². The van der Waals surface area contributed by atoms with Crippen LogP contribution >= 0.6 is 11.6 Å². The summed E-state index contributed by atoms with van der Waals surface area (Å²) in [5, 5.41) is 4.02. The molecule has 0 heterocycles. The number of halogens is 1. The minimum atomic E-state index is 0.577. The molecular formula is C17H20ClNO2. The van der Waals surface area contributed by atoms with Crippen molar-refractivity contribution in [1.82, 2.24) is 0 Å². The number of hydrogen-bond donors (Lipinski definition) is 1. The van der Waals surface area contributed by atoms with E-state index in [4.69, 9.17) is 21.1 Å². The lowest BCUT2D eigenvalue weighted by molar-refractivity contribution is 0.311. The Morgan fingerprint density at radius 3 is 2.43 bits per heavy atom. The van der Waals surface area contributed by atoms with E-state index in [2.05, 4.69) is 36.5 Å². The Balaban J connectivity index is 2.14. The summed E-state index contributed by atoms with van der Waals surface area (Å²) in [5.74, 6) is 1.37. The monoisotopic (exact) mass is 305 g/mol. The Morgan fingerprint density at radius 1 is 1.10 bits per heavy atom. The number of hydrogen-bond acceptors (Lipinski definition) is 3. The van der Waals surface area contributed by atoms with Gasteiger partial charge in [0.1, 0.15) is 0 Å². The first-order chi connectivity index (χ1) is 10.1. The molecule has 0 atom stereocenters. The third kappa shape index (κ3) is 4.05. The maximum Gasteiger partial charge on any atom is 0.162 e. The molecule has 0 saturated heterocycles. The SMILES string of the molecule is CCOc1cc(Cl)c(CNc2ccc(C)cc2)cc1OC. The van der Waals surface area contributed by atoms with Crippen LogP contribution in [0.2, 0.25) is 5.02 Å². The molecule has 21 heavy (non-hydrogen) atoms. The molecule has 0 fully saturated rings. The Labute approximate surface area is 130 Å². The van der Waals surface area contributed by atoms with Gasteiger partial charge in [0.05, 0.1) is 13.7 Å². The van der Waals surface area contributed by atoms with E-state index in [1.807, 2.05) is 13.0 Å². The molecule has 2 rings (SSSR count). The van der Waals surface area contributed by atoms with Gasteiger partial charge in [-0.2, -0.15) is 0 Å². The maximum atomic E-state index is 6.31. The molecule has 2 aromatic rings. The largest absolute Gasteiger partial charge is 0.493 e. The molecule has 3 nitrogen and oxygen atoms in total. The first kappa shape index (κ1) is 15.5. The minimum absolute atomic E-state index is 0.577. The summed E-state index contributed by atoms with van der Waals surface area (Å²) in [6, 6.07) is 12.0. The highest BCUT2D eigenvalue weighted by atomic mass is 35.5. The Hall–Kier alpha value is -1.87. The second-order valence-electron chi connectivity index (χ2n) is 4.75. The lowest BCUT2D eigenvalue weighted by Crippen LogP contribution is -2.02. The number of benzene rings is 2. The summed E-state index contributed by atoms with van der Waals surface area (Å²) in [6.07, 6.45) is 0. The fourth-order valence-electron chi connectivity index (χ4n) is 2.01. The summed E-state index contributed by atoms with van der Waals surface area (Å²) in [5.41, 5.74) is 3.27. The lowest BCUT2D eigenvalue weighted by Gasteiger charge is -2.14. The van der Waals surface area contributed by atoms with Gasteiger partial charge in [-0.3, -0.25) is 0 Å². The van der Waals surface area contributed by atoms with Gasteiger partial charge in [0.25, 0.3) is 0 Å². The standard InChI is InChI=1S/C17H20ClNO2/c1-4-21-17-10-15(18)13(9-16(17)20-3)11-19-14-7-5-12(2)6-8-14/h5-10,19H,4,11H2,1-3H3. The molecule has 0 unspecified atom stereocenters. The first-order valence-electron chi connectivity index (χ1n) is 6.93. The zero-order chi connectivity index (χ0) is 15.2. The predicted molar refractivity (Wildman–Crippen MR) is 87.7 cm³/mol. The van der Waals surface area contributed by atoms with E-state index in [1.54, 1.807) is 13.2 Å². The number of methoxy groups -OCH3 is 1. The van der Waals surface area contributed by atoms with E-state index in [0.717, 1.165) is 11.3 Å². The highest BCUT2D eigenvalue weighted by Crippen LogP contribution is 2.33. The van der Waals surface area contributed by atoms with E-state index in [0.29, 0.717) is 29.7 Å². The fraction of sp³-hybridized carbons (Fsp3) is 0.294. The van der Waals surface area contributed by atoms with Crippen molar-refractivity contribution in [3.8, 4) is 11.5 Å². The quantitative estimate of drug-likeness (QED) is 0.841. The Bertz CT molecular complexity index is 596. The zero-order valence-corrected chi connectivity index (χ0v) is 13.3. The van der Waals surface area contributed by atoms with Crippen molar-refractivity contribution < 1.29 is 9.47 Å². The highest BCUT2D eigenvalue weighted by Gasteiger charge is 2.10. The number of rotatable bonds is 6. The van der Waals surface area contributed by atoms with Crippen LogP contribution in [0, 0.1) is 6.92 Å². The average molecular weight is 306 g/mol. The topological polar surface area (TPSA) is 30.5 Å². The summed E-state index contributed by atoms with van der Waals surface area (Å²) in [6.45, 7) is 5.20. The normalized spacial score (nSPS) is 10.3. The molecule has 0 spiro atoms. The van der Waals surface area contributed by atoms with Crippen LogP contribution in [0.3, 0.4) is 0 Å². The number of aryl methyl sites for hydroxylation is 1.